The molecule has 6 heteroatoms. The number of aromatic nitrogens is 3. The van der Waals surface area contributed by atoms with Crippen molar-refractivity contribution in [3.05, 3.63) is 88.6 Å². The summed E-state index contributed by atoms with van der Waals surface area (Å²) in [6, 6.07) is 14.2. The standard InChI is InChI=1S/C22H19FN4O/c1-13-4-2-3-5-17(13)21-20-18(26-22-24-12-25-27(21)22)10-15(11-19(20)28)14-6-8-16(23)9-7-14/h2-9,12,15,21H,10-11H2,1H3,(H,24,25,26)/t15-,21-/m0/s1. The van der Waals surface area contributed by atoms with Crippen LogP contribution in [0.15, 0.2) is 66.1 Å². The van der Waals surface area contributed by atoms with Gasteiger partial charge >= 0.3 is 0 Å². The summed E-state index contributed by atoms with van der Waals surface area (Å²) in [7, 11) is 0. The van der Waals surface area contributed by atoms with Crippen LogP contribution < -0.4 is 5.32 Å². The maximum Gasteiger partial charge on any atom is 0.226 e. The van der Waals surface area contributed by atoms with Gasteiger partial charge in [0.15, 0.2) is 5.78 Å². The Hall–Kier alpha value is -3.28. The van der Waals surface area contributed by atoms with E-state index in [1.54, 1.807) is 16.8 Å². The zero-order chi connectivity index (χ0) is 19.3. The van der Waals surface area contributed by atoms with E-state index in [-0.39, 0.29) is 23.6 Å². The van der Waals surface area contributed by atoms with Crippen molar-refractivity contribution in [3.63, 3.8) is 0 Å². The van der Waals surface area contributed by atoms with Crippen molar-refractivity contribution in [1.29, 1.82) is 0 Å². The van der Waals surface area contributed by atoms with Crippen molar-refractivity contribution >= 4 is 11.7 Å². The van der Waals surface area contributed by atoms with E-state index in [1.165, 1.54) is 18.5 Å². The van der Waals surface area contributed by atoms with Gasteiger partial charge in [-0.15, -0.1) is 0 Å². The number of carbonyl (C=O) groups excluding carboxylic acids is 1. The van der Waals surface area contributed by atoms with Crippen LogP contribution in [0.1, 0.15) is 41.5 Å². The highest BCUT2D eigenvalue weighted by atomic mass is 19.1. The summed E-state index contributed by atoms with van der Waals surface area (Å²) in [5.74, 6) is 0.484. The number of hydrogen-bond donors (Lipinski definition) is 1. The number of ketones is 1. The average Bonchev–Trinajstić information content (AvgIpc) is 3.15. The van der Waals surface area contributed by atoms with Crippen LogP contribution >= 0.6 is 0 Å². The number of nitrogens with one attached hydrogen (secondary N) is 1. The molecule has 0 amide bonds. The van der Waals surface area contributed by atoms with Crippen molar-refractivity contribution in [3.8, 4) is 0 Å². The number of fused-ring (bicyclic) bond motifs is 1. The van der Waals surface area contributed by atoms with Gasteiger partial charge in [-0.1, -0.05) is 36.4 Å². The van der Waals surface area contributed by atoms with Crippen LogP contribution in [0.4, 0.5) is 10.3 Å². The third-order valence-electron chi connectivity index (χ3n) is 5.69. The van der Waals surface area contributed by atoms with Gasteiger partial charge in [0.25, 0.3) is 0 Å². The molecule has 0 bridgehead atoms. The molecule has 0 fully saturated rings. The Bertz CT molecular complexity index is 1100. The van der Waals surface area contributed by atoms with Gasteiger partial charge in [-0.3, -0.25) is 4.79 Å². The summed E-state index contributed by atoms with van der Waals surface area (Å²) in [5.41, 5.74) is 4.78. The van der Waals surface area contributed by atoms with E-state index >= 15 is 0 Å². The van der Waals surface area contributed by atoms with Crippen LogP contribution in [0, 0.1) is 12.7 Å². The molecule has 2 heterocycles. The summed E-state index contributed by atoms with van der Waals surface area (Å²) in [5, 5.41) is 7.70. The van der Waals surface area contributed by atoms with Crippen molar-refractivity contribution in [2.24, 2.45) is 0 Å². The van der Waals surface area contributed by atoms with Crippen molar-refractivity contribution in [2.75, 3.05) is 5.32 Å². The molecule has 0 radical (unpaired) electrons. The van der Waals surface area contributed by atoms with Gasteiger partial charge in [0.2, 0.25) is 5.95 Å². The second-order valence-corrected chi connectivity index (χ2v) is 7.38. The van der Waals surface area contributed by atoms with Gasteiger partial charge in [0.05, 0.1) is 0 Å². The lowest BCUT2D eigenvalue weighted by molar-refractivity contribution is -0.116. The van der Waals surface area contributed by atoms with E-state index in [4.69, 9.17) is 0 Å². The zero-order valence-corrected chi connectivity index (χ0v) is 15.4. The minimum Gasteiger partial charge on any atom is -0.328 e. The minimum atomic E-state index is -0.281. The van der Waals surface area contributed by atoms with Crippen molar-refractivity contribution in [1.82, 2.24) is 14.8 Å². The molecule has 2 atom stereocenters. The number of benzene rings is 2. The first-order valence-electron chi connectivity index (χ1n) is 9.35. The van der Waals surface area contributed by atoms with Crippen molar-refractivity contribution in [2.45, 2.75) is 31.7 Å². The van der Waals surface area contributed by atoms with Gasteiger partial charge in [-0.05, 0) is 48.1 Å². The largest absolute Gasteiger partial charge is 0.328 e. The van der Waals surface area contributed by atoms with Gasteiger partial charge in [0.1, 0.15) is 18.2 Å². The third-order valence-corrected chi connectivity index (χ3v) is 5.69. The Morgan fingerprint density at radius 3 is 2.68 bits per heavy atom. The summed E-state index contributed by atoms with van der Waals surface area (Å²) in [6.07, 6.45) is 2.59. The highest BCUT2D eigenvalue weighted by Crippen LogP contribution is 2.44. The molecule has 0 saturated carbocycles. The molecule has 1 aromatic heterocycles. The van der Waals surface area contributed by atoms with E-state index < -0.39 is 0 Å². The average molecular weight is 374 g/mol. The lowest BCUT2D eigenvalue weighted by Crippen LogP contribution is -2.33. The lowest BCUT2D eigenvalue weighted by atomic mass is 9.77. The summed E-state index contributed by atoms with van der Waals surface area (Å²) >= 11 is 0. The molecule has 0 saturated heterocycles. The topological polar surface area (TPSA) is 59.8 Å². The predicted molar refractivity (Wildman–Crippen MR) is 103 cm³/mol. The number of carbonyl (C=O) groups is 1. The van der Waals surface area contributed by atoms with Crippen LogP contribution in [-0.4, -0.2) is 20.5 Å². The smallest absolute Gasteiger partial charge is 0.226 e. The Labute approximate surface area is 161 Å². The Morgan fingerprint density at radius 1 is 1.11 bits per heavy atom. The quantitative estimate of drug-likeness (QED) is 0.732. The number of Topliss-reactive ketones (excluding diaryl/α,β-unsaturated/α-hetero) is 1. The van der Waals surface area contributed by atoms with Gasteiger partial charge in [-0.25, -0.2) is 9.07 Å². The molecule has 5 rings (SSSR count). The zero-order valence-electron chi connectivity index (χ0n) is 15.4. The molecule has 1 aliphatic heterocycles. The fraction of sp³-hybridized carbons (Fsp3) is 0.227. The molecule has 3 aromatic rings. The first-order chi connectivity index (χ1) is 13.6. The predicted octanol–water partition coefficient (Wildman–Crippen LogP) is 4.14. The van der Waals surface area contributed by atoms with Crippen LogP contribution in [0.2, 0.25) is 0 Å². The number of allylic oxidation sites excluding steroid dienone is 2. The second kappa shape index (κ2) is 6.41. The number of nitrogens with zero attached hydrogens (tertiary/aromatic N) is 3. The molecule has 1 aliphatic carbocycles. The first-order valence-corrected chi connectivity index (χ1v) is 9.35. The second-order valence-electron chi connectivity index (χ2n) is 7.38. The number of hydrogen-bond acceptors (Lipinski definition) is 4. The molecule has 1 N–H and O–H groups in total. The maximum absolute atomic E-state index is 13.3. The molecular weight excluding hydrogens is 355 g/mol. The Kier molecular flexibility index (Phi) is 3.86. The summed E-state index contributed by atoms with van der Waals surface area (Å²) in [6.45, 7) is 2.04. The van der Waals surface area contributed by atoms with E-state index in [0.717, 1.165) is 28.0 Å². The number of anilines is 1. The number of halogens is 1. The summed E-state index contributed by atoms with van der Waals surface area (Å²) in [4.78, 5) is 17.6. The molecule has 5 nitrogen and oxygen atoms in total. The Morgan fingerprint density at radius 2 is 1.89 bits per heavy atom. The van der Waals surface area contributed by atoms with Gasteiger partial charge in [0, 0.05) is 17.7 Å². The number of aryl methyl sites for hydroxylation is 1. The lowest BCUT2D eigenvalue weighted by Gasteiger charge is -2.35. The molecule has 2 aromatic carbocycles. The van der Waals surface area contributed by atoms with Gasteiger partial charge in [-0.2, -0.15) is 10.1 Å². The first kappa shape index (κ1) is 16.9. The highest BCUT2D eigenvalue weighted by molar-refractivity contribution is 6.00. The van der Waals surface area contributed by atoms with E-state index in [9.17, 15) is 9.18 Å². The molecule has 28 heavy (non-hydrogen) atoms. The molecule has 2 aliphatic rings. The van der Waals surface area contributed by atoms with Gasteiger partial charge < -0.3 is 5.32 Å². The monoisotopic (exact) mass is 374 g/mol. The van der Waals surface area contributed by atoms with Crippen molar-refractivity contribution < 1.29 is 9.18 Å². The fourth-order valence-corrected chi connectivity index (χ4v) is 4.30. The minimum absolute atomic E-state index is 0.0198. The third kappa shape index (κ3) is 2.64. The fourth-order valence-electron chi connectivity index (χ4n) is 4.30. The molecular formula is C22H19FN4O. The maximum atomic E-state index is 13.3. The van der Waals surface area contributed by atoms with Crippen LogP contribution in [0.5, 0.6) is 0 Å². The molecule has 0 unspecified atom stereocenters. The van der Waals surface area contributed by atoms with Crippen LogP contribution in [0.3, 0.4) is 0 Å². The number of rotatable bonds is 2. The van der Waals surface area contributed by atoms with E-state index in [2.05, 4.69) is 15.4 Å². The van der Waals surface area contributed by atoms with E-state index in [1.807, 2.05) is 31.2 Å². The van der Waals surface area contributed by atoms with Crippen LogP contribution in [-0.2, 0) is 4.79 Å². The van der Waals surface area contributed by atoms with Crippen LogP contribution in [0.25, 0.3) is 0 Å². The molecule has 0 spiro atoms. The SMILES string of the molecule is Cc1ccccc1[C@H]1C2=C(C[C@H](c3ccc(F)cc3)CC2=O)Nc2ncnn21. The van der Waals surface area contributed by atoms with E-state index in [0.29, 0.717) is 18.8 Å². The normalized spacial score (nSPS) is 21.1. The Balaban J connectivity index is 1.61. The summed E-state index contributed by atoms with van der Waals surface area (Å²) < 4.78 is 15.1. The highest BCUT2D eigenvalue weighted by Gasteiger charge is 2.39. The molecule has 140 valence electrons.